The Kier molecular flexibility index (Phi) is 5.65. The highest BCUT2D eigenvalue weighted by molar-refractivity contribution is 9.10. The molecule has 21 heavy (non-hydrogen) atoms. The molecule has 3 nitrogen and oxygen atoms in total. The molecule has 0 saturated carbocycles. The van der Waals surface area contributed by atoms with E-state index in [4.69, 9.17) is 0 Å². The number of Topliss-reactive ketones (excluding diaryl/α,β-unsaturated/α-hetero) is 1. The molecular weight excluding hydrogens is 348 g/mol. The zero-order chi connectivity index (χ0) is 15.4. The van der Waals surface area contributed by atoms with Crippen LogP contribution in [-0.4, -0.2) is 21.3 Å². The summed E-state index contributed by atoms with van der Waals surface area (Å²) in [6, 6.07) is 8.14. The van der Waals surface area contributed by atoms with Gasteiger partial charge in [-0.25, -0.2) is 0 Å². The minimum Gasteiger partial charge on any atom is -0.298 e. The third-order valence-corrected chi connectivity index (χ3v) is 5.50. The van der Waals surface area contributed by atoms with E-state index in [1.807, 2.05) is 19.2 Å². The third kappa shape index (κ3) is 3.98. The summed E-state index contributed by atoms with van der Waals surface area (Å²) in [6.45, 7) is 4.13. The monoisotopic (exact) mass is 366 g/mol. The van der Waals surface area contributed by atoms with Crippen molar-refractivity contribution in [3.05, 3.63) is 45.7 Å². The molecular formula is C16H19BrN2OS. The highest BCUT2D eigenvalue weighted by Gasteiger charge is 2.16. The van der Waals surface area contributed by atoms with Gasteiger partial charge in [0.25, 0.3) is 0 Å². The number of hydrogen-bond donors (Lipinski definition) is 0. The molecule has 0 saturated heterocycles. The number of benzene rings is 1. The van der Waals surface area contributed by atoms with Crippen molar-refractivity contribution >= 4 is 33.5 Å². The van der Waals surface area contributed by atoms with Crippen LogP contribution in [0.15, 0.2) is 33.6 Å². The van der Waals surface area contributed by atoms with Gasteiger partial charge in [-0.05, 0) is 40.9 Å². The first kappa shape index (κ1) is 16.3. The SMILES string of the molecule is CCc1nn(C)c(CC(=O)CSc2ccccc2C)c1Br. The van der Waals surface area contributed by atoms with Crippen molar-refractivity contribution < 1.29 is 4.79 Å². The molecule has 0 spiro atoms. The molecule has 2 rings (SSSR count). The summed E-state index contributed by atoms with van der Waals surface area (Å²) < 4.78 is 2.78. The first-order chi connectivity index (χ1) is 10.0. The molecule has 0 bridgehead atoms. The van der Waals surface area contributed by atoms with Crippen LogP contribution in [0.2, 0.25) is 0 Å². The summed E-state index contributed by atoms with van der Waals surface area (Å²) in [5.41, 5.74) is 3.18. The van der Waals surface area contributed by atoms with E-state index in [0.717, 1.165) is 22.3 Å². The Balaban J connectivity index is 2.00. The molecule has 5 heteroatoms. The quantitative estimate of drug-likeness (QED) is 0.725. The lowest BCUT2D eigenvalue weighted by Crippen LogP contribution is -2.10. The number of halogens is 1. The van der Waals surface area contributed by atoms with Crippen LogP contribution in [0.1, 0.15) is 23.9 Å². The molecule has 0 amide bonds. The fourth-order valence-corrected chi connectivity index (χ4v) is 3.77. The van der Waals surface area contributed by atoms with Crippen molar-refractivity contribution in [2.75, 3.05) is 5.75 Å². The zero-order valence-corrected chi connectivity index (χ0v) is 14.9. The van der Waals surface area contributed by atoms with Crippen molar-refractivity contribution in [2.24, 2.45) is 7.05 Å². The topological polar surface area (TPSA) is 34.9 Å². The van der Waals surface area contributed by atoms with Gasteiger partial charge in [-0.1, -0.05) is 25.1 Å². The third-order valence-electron chi connectivity index (χ3n) is 3.35. The van der Waals surface area contributed by atoms with Gasteiger partial charge in [0, 0.05) is 11.9 Å². The average molecular weight is 367 g/mol. The molecule has 1 aromatic heterocycles. The van der Waals surface area contributed by atoms with Gasteiger partial charge in [0.05, 0.1) is 28.0 Å². The zero-order valence-electron chi connectivity index (χ0n) is 12.5. The van der Waals surface area contributed by atoms with Crippen LogP contribution >= 0.6 is 27.7 Å². The van der Waals surface area contributed by atoms with E-state index in [1.165, 1.54) is 10.5 Å². The van der Waals surface area contributed by atoms with Crippen molar-refractivity contribution in [3.63, 3.8) is 0 Å². The minimum absolute atomic E-state index is 0.217. The van der Waals surface area contributed by atoms with E-state index in [-0.39, 0.29) is 5.78 Å². The number of ketones is 1. The van der Waals surface area contributed by atoms with Gasteiger partial charge in [-0.2, -0.15) is 5.10 Å². The maximum Gasteiger partial charge on any atom is 0.149 e. The normalized spacial score (nSPS) is 10.9. The van der Waals surface area contributed by atoms with Crippen molar-refractivity contribution in [2.45, 2.75) is 31.6 Å². The van der Waals surface area contributed by atoms with Gasteiger partial charge >= 0.3 is 0 Å². The largest absolute Gasteiger partial charge is 0.298 e. The maximum absolute atomic E-state index is 12.2. The number of rotatable bonds is 6. The molecule has 0 atom stereocenters. The second kappa shape index (κ2) is 7.27. The van der Waals surface area contributed by atoms with Crippen molar-refractivity contribution in [1.29, 1.82) is 0 Å². The van der Waals surface area contributed by atoms with Crippen LogP contribution in [0.5, 0.6) is 0 Å². The number of carbonyl (C=O) groups is 1. The van der Waals surface area contributed by atoms with Crippen LogP contribution in [0.3, 0.4) is 0 Å². The highest BCUT2D eigenvalue weighted by atomic mass is 79.9. The summed E-state index contributed by atoms with van der Waals surface area (Å²) in [5, 5.41) is 4.42. The molecule has 0 aliphatic heterocycles. The van der Waals surface area contributed by atoms with E-state index in [1.54, 1.807) is 16.4 Å². The molecule has 0 N–H and O–H groups in total. The van der Waals surface area contributed by atoms with E-state index in [0.29, 0.717) is 12.2 Å². The molecule has 0 aliphatic rings. The van der Waals surface area contributed by atoms with Gasteiger partial charge in [0.1, 0.15) is 5.78 Å². The molecule has 1 aromatic carbocycles. The Hall–Kier alpha value is -1.07. The maximum atomic E-state index is 12.2. The second-order valence-electron chi connectivity index (χ2n) is 4.95. The Morgan fingerprint density at radius 2 is 2.10 bits per heavy atom. The van der Waals surface area contributed by atoms with Gasteiger partial charge < -0.3 is 0 Å². The predicted octanol–water partition coefficient (Wildman–Crippen LogP) is 3.96. The lowest BCUT2D eigenvalue weighted by Gasteiger charge is -2.05. The van der Waals surface area contributed by atoms with Crippen LogP contribution in [0.4, 0.5) is 0 Å². The smallest absolute Gasteiger partial charge is 0.149 e. The first-order valence-electron chi connectivity index (χ1n) is 6.93. The van der Waals surface area contributed by atoms with Gasteiger partial charge in [-0.3, -0.25) is 9.48 Å². The van der Waals surface area contributed by atoms with Gasteiger partial charge in [0.15, 0.2) is 0 Å². The van der Waals surface area contributed by atoms with Crippen LogP contribution in [-0.2, 0) is 24.7 Å². The fourth-order valence-electron chi connectivity index (χ4n) is 2.13. The Morgan fingerprint density at radius 3 is 2.71 bits per heavy atom. The van der Waals surface area contributed by atoms with E-state index in [2.05, 4.69) is 47.0 Å². The highest BCUT2D eigenvalue weighted by Crippen LogP contribution is 2.25. The number of thioether (sulfide) groups is 1. The van der Waals surface area contributed by atoms with E-state index in [9.17, 15) is 4.79 Å². The molecule has 1 heterocycles. The molecule has 0 fully saturated rings. The standard InChI is InChI=1S/C16H19BrN2OS/c1-4-13-16(17)14(19(3)18-13)9-12(20)10-21-15-8-6-5-7-11(15)2/h5-8H,4,9-10H2,1-3H3. The van der Waals surface area contributed by atoms with Gasteiger partial charge in [-0.15, -0.1) is 11.8 Å². The van der Waals surface area contributed by atoms with Crippen molar-refractivity contribution in [1.82, 2.24) is 9.78 Å². The summed E-state index contributed by atoms with van der Waals surface area (Å²) >= 11 is 5.16. The minimum atomic E-state index is 0.217. The molecule has 2 aromatic rings. The lowest BCUT2D eigenvalue weighted by molar-refractivity contribution is -0.116. The Labute approximate surface area is 138 Å². The molecule has 112 valence electrons. The lowest BCUT2D eigenvalue weighted by atomic mass is 10.2. The fraction of sp³-hybridized carbons (Fsp3) is 0.375. The number of aryl methyl sites for hydroxylation is 3. The van der Waals surface area contributed by atoms with Crippen LogP contribution < -0.4 is 0 Å². The number of nitrogens with zero attached hydrogens (tertiary/aromatic N) is 2. The summed E-state index contributed by atoms with van der Waals surface area (Å²) in [6.07, 6.45) is 1.28. The van der Waals surface area contributed by atoms with Gasteiger partial charge in [0.2, 0.25) is 0 Å². The van der Waals surface area contributed by atoms with Crippen molar-refractivity contribution in [3.8, 4) is 0 Å². The molecule has 0 aliphatic carbocycles. The summed E-state index contributed by atoms with van der Waals surface area (Å²) in [4.78, 5) is 13.4. The van der Waals surface area contributed by atoms with E-state index >= 15 is 0 Å². The van der Waals surface area contributed by atoms with Crippen LogP contribution in [0.25, 0.3) is 0 Å². The number of carbonyl (C=O) groups excluding carboxylic acids is 1. The Morgan fingerprint density at radius 1 is 1.38 bits per heavy atom. The average Bonchev–Trinajstić information content (AvgIpc) is 2.74. The molecule has 0 unspecified atom stereocenters. The predicted molar refractivity (Wildman–Crippen MR) is 90.9 cm³/mol. The number of hydrogen-bond acceptors (Lipinski definition) is 3. The first-order valence-corrected chi connectivity index (χ1v) is 8.71. The van der Waals surface area contributed by atoms with E-state index < -0.39 is 0 Å². The number of aromatic nitrogens is 2. The van der Waals surface area contributed by atoms with Crippen LogP contribution in [0, 0.1) is 6.92 Å². The summed E-state index contributed by atoms with van der Waals surface area (Å²) in [7, 11) is 1.89. The summed E-state index contributed by atoms with van der Waals surface area (Å²) in [5.74, 6) is 0.707. The molecule has 0 radical (unpaired) electrons. The second-order valence-corrected chi connectivity index (χ2v) is 6.76. The Bertz CT molecular complexity index is 652.